The van der Waals surface area contributed by atoms with Crippen molar-refractivity contribution in [2.75, 3.05) is 0 Å². The Hall–Kier alpha value is -1.27. The molecular formula is C12H13ClN4OS. The number of nitrogens with one attached hydrogen (secondary N) is 1. The Morgan fingerprint density at radius 3 is 3.11 bits per heavy atom. The molecule has 0 aromatic carbocycles. The van der Waals surface area contributed by atoms with Crippen LogP contribution in [0.2, 0.25) is 5.15 Å². The maximum Gasteiger partial charge on any atom is 0.254 e. The van der Waals surface area contributed by atoms with Crippen LogP contribution in [0, 0.1) is 0 Å². The minimum absolute atomic E-state index is 0.00267. The number of rotatable bonds is 3. The van der Waals surface area contributed by atoms with Crippen molar-refractivity contribution in [3.8, 4) is 0 Å². The maximum atomic E-state index is 11.9. The van der Waals surface area contributed by atoms with E-state index in [2.05, 4.69) is 15.0 Å². The monoisotopic (exact) mass is 296 g/mol. The Labute approximate surface area is 119 Å². The molecule has 0 aliphatic heterocycles. The summed E-state index contributed by atoms with van der Waals surface area (Å²) in [6.07, 6.45) is 4.44. The second-order valence-electron chi connectivity index (χ2n) is 4.53. The highest BCUT2D eigenvalue weighted by Crippen LogP contribution is 2.24. The van der Waals surface area contributed by atoms with Crippen LogP contribution in [0.3, 0.4) is 0 Å². The fraction of sp³-hybridized carbons (Fsp3) is 0.417. The van der Waals surface area contributed by atoms with E-state index in [-0.39, 0.29) is 5.56 Å². The lowest BCUT2D eigenvalue weighted by molar-refractivity contribution is 0.869. The molecule has 0 saturated heterocycles. The normalized spacial score (nSPS) is 13.8. The predicted molar refractivity (Wildman–Crippen MR) is 74.7 cm³/mol. The Morgan fingerprint density at radius 1 is 1.53 bits per heavy atom. The summed E-state index contributed by atoms with van der Waals surface area (Å²) in [4.78, 5) is 23.4. The van der Waals surface area contributed by atoms with Gasteiger partial charge in [0.05, 0.1) is 17.7 Å². The van der Waals surface area contributed by atoms with Crippen molar-refractivity contribution in [3.05, 3.63) is 38.8 Å². The molecule has 0 atom stereocenters. The number of hydrogen-bond acceptors (Lipinski definition) is 4. The molecule has 1 N–H and O–H groups in total. The van der Waals surface area contributed by atoms with E-state index in [1.807, 2.05) is 7.05 Å². The average molecular weight is 297 g/mol. The lowest BCUT2D eigenvalue weighted by Gasteiger charge is -2.03. The highest BCUT2D eigenvalue weighted by molar-refractivity contribution is 7.98. The van der Waals surface area contributed by atoms with Crippen LogP contribution in [0.5, 0.6) is 0 Å². The van der Waals surface area contributed by atoms with E-state index in [1.54, 1.807) is 10.9 Å². The number of aromatic amines is 1. The number of nitrogens with zero attached hydrogens (tertiary/aromatic N) is 3. The number of halogens is 1. The highest BCUT2D eigenvalue weighted by atomic mass is 35.5. The molecule has 7 heteroatoms. The van der Waals surface area contributed by atoms with Crippen LogP contribution in [0.1, 0.15) is 23.4 Å². The third-order valence-corrected chi connectivity index (χ3v) is 4.57. The molecule has 0 saturated carbocycles. The molecule has 3 rings (SSSR count). The second kappa shape index (κ2) is 5.02. The topological polar surface area (TPSA) is 63.6 Å². The van der Waals surface area contributed by atoms with Gasteiger partial charge in [0, 0.05) is 18.4 Å². The van der Waals surface area contributed by atoms with Gasteiger partial charge in [-0.2, -0.15) is 0 Å². The number of H-pyrrole nitrogens is 1. The largest absolute Gasteiger partial charge is 0.325 e. The summed E-state index contributed by atoms with van der Waals surface area (Å²) in [5.74, 6) is 0.599. The molecule has 2 aromatic rings. The van der Waals surface area contributed by atoms with Gasteiger partial charge in [0.2, 0.25) is 0 Å². The zero-order valence-corrected chi connectivity index (χ0v) is 12.0. The number of aromatic nitrogens is 4. The Kier molecular flexibility index (Phi) is 3.36. The van der Waals surface area contributed by atoms with Gasteiger partial charge in [-0.3, -0.25) is 4.79 Å². The van der Waals surface area contributed by atoms with Crippen molar-refractivity contribution in [2.24, 2.45) is 7.05 Å². The van der Waals surface area contributed by atoms with Crippen molar-refractivity contribution in [2.45, 2.75) is 30.2 Å². The van der Waals surface area contributed by atoms with Crippen LogP contribution >= 0.6 is 23.4 Å². The van der Waals surface area contributed by atoms with Crippen molar-refractivity contribution >= 4 is 23.4 Å². The lowest BCUT2D eigenvalue weighted by atomic mass is 10.3. The van der Waals surface area contributed by atoms with E-state index >= 15 is 0 Å². The van der Waals surface area contributed by atoms with Crippen LogP contribution in [0.25, 0.3) is 0 Å². The molecular weight excluding hydrogens is 284 g/mol. The van der Waals surface area contributed by atoms with Crippen LogP contribution in [-0.2, 0) is 25.6 Å². The molecule has 100 valence electrons. The molecule has 19 heavy (non-hydrogen) atoms. The Bertz CT molecular complexity index is 679. The van der Waals surface area contributed by atoms with Crippen molar-refractivity contribution < 1.29 is 0 Å². The van der Waals surface area contributed by atoms with E-state index in [1.165, 1.54) is 11.8 Å². The second-order valence-corrected chi connectivity index (χ2v) is 5.85. The van der Waals surface area contributed by atoms with E-state index in [0.717, 1.165) is 36.2 Å². The van der Waals surface area contributed by atoms with E-state index in [9.17, 15) is 4.79 Å². The van der Waals surface area contributed by atoms with Crippen molar-refractivity contribution in [1.82, 2.24) is 19.5 Å². The summed E-state index contributed by atoms with van der Waals surface area (Å²) in [6.45, 7) is 0. The Balaban J connectivity index is 1.79. The van der Waals surface area contributed by atoms with Gasteiger partial charge < -0.3 is 9.55 Å². The van der Waals surface area contributed by atoms with E-state index in [4.69, 9.17) is 11.6 Å². The van der Waals surface area contributed by atoms with Crippen molar-refractivity contribution in [1.29, 1.82) is 0 Å². The third kappa shape index (κ3) is 2.42. The van der Waals surface area contributed by atoms with Gasteiger partial charge in [-0.15, -0.1) is 0 Å². The van der Waals surface area contributed by atoms with Gasteiger partial charge in [0.25, 0.3) is 5.56 Å². The summed E-state index contributed by atoms with van der Waals surface area (Å²) in [5.41, 5.74) is 2.59. The van der Waals surface area contributed by atoms with Crippen LogP contribution in [0.15, 0.2) is 16.3 Å². The summed E-state index contributed by atoms with van der Waals surface area (Å²) >= 11 is 7.55. The fourth-order valence-electron chi connectivity index (χ4n) is 2.18. The molecule has 0 spiro atoms. The zero-order valence-electron chi connectivity index (χ0n) is 10.4. The summed E-state index contributed by atoms with van der Waals surface area (Å²) in [7, 11) is 1.85. The first-order valence-electron chi connectivity index (χ1n) is 6.05. The van der Waals surface area contributed by atoms with Crippen LogP contribution in [-0.4, -0.2) is 19.5 Å². The van der Waals surface area contributed by atoms with E-state index in [0.29, 0.717) is 16.1 Å². The molecule has 2 heterocycles. The molecule has 0 unspecified atom stereocenters. The summed E-state index contributed by atoms with van der Waals surface area (Å²) < 4.78 is 1.76. The number of hydrogen-bond donors (Lipinski definition) is 1. The quantitative estimate of drug-likeness (QED) is 0.694. The SMILES string of the molecule is Cn1cnc(CSc2nc3c(c(=O)[nH]2)CCC3)c1Cl. The molecule has 0 radical (unpaired) electrons. The number of imidazole rings is 1. The number of thioether (sulfide) groups is 1. The summed E-state index contributed by atoms with van der Waals surface area (Å²) in [5, 5.41) is 1.27. The first kappa shape index (κ1) is 12.7. The van der Waals surface area contributed by atoms with Crippen molar-refractivity contribution in [3.63, 3.8) is 0 Å². The van der Waals surface area contributed by atoms with Gasteiger partial charge in [0.1, 0.15) is 5.15 Å². The molecule has 1 aliphatic rings. The third-order valence-electron chi connectivity index (χ3n) is 3.20. The molecule has 2 aromatic heterocycles. The maximum absolute atomic E-state index is 11.9. The lowest BCUT2D eigenvalue weighted by Crippen LogP contribution is -2.14. The van der Waals surface area contributed by atoms with Crippen LogP contribution < -0.4 is 5.56 Å². The average Bonchev–Trinajstić information content (AvgIpc) is 2.97. The first-order chi connectivity index (χ1) is 9.15. The molecule has 1 aliphatic carbocycles. The fourth-order valence-corrected chi connectivity index (χ4v) is 3.25. The van der Waals surface area contributed by atoms with Gasteiger partial charge in [-0.1, -0.05) is 23.4 Å². The van der Waals surface area contributed by atoms with Gasteiger partial charge in [0.15, 0.2) is 5.16 Å². The molecule has 0 amide bonds. The van der Waals surface area contributed by atoms with E-state index < -0.39 is 0 Å². The molecule has 5 nitrogen and oxygen atoms in total. The first-order valence-corrected chi connectivity index (χ1v) is 7.42. The molecule has 0 fully saturated rings. The zero-order chi connectivity index (χ0) is 13.4. The summed E-state index contributed by atoms with van der Waals surface area (Å²) in [6, 6.07) is 0. The minimum atomic E-state index is -0.00267. The molecule has 0 bridgehead atoms. The van der Waals surface area contributed by atoms with Gasteiger partial charge >= 0.3 is 0 Å². The van der Waals surface area contributed by atoms with Gasteiger partial charge in [-0.25, -0.2) is 9.97 Å². The highest BCUT2D eigenvalue weighted by Gasteiger charge is 2.17. The minimum Gasteiger partial charge on any atom is -0.325 e. The predicted octanol–water partition coefficient (Wildman–Crippen LogP) is 1.94. The number of aryl methyl sites for hydroxylation is 2. The number of fused-ring (bicyclic) bond motifs is 1. The van der Waals surface area contributed by atoms with Crippen LogP contribution in [0.4, 0.5) is 0 Å². The smallest absolute Gasteiger partial charge is 0.254 e. The Morgan fingerprint density at radius 2 is 2.37 bits per heavy atom. The van der Waals surface area contributed by atoms with Gasteiger partial charge in [-0.05, 0) is 19.3 Å². The standard InChI is InChI=1S/C12H13ClN4OS/c1-17-6-14-9(10(17)13)5-19-12-15-8-4-2-3-7(8)11(18)16-12/h6H,2-5H2,1H3,(H,15,16,18).